The Labute approximate surface area is 130 Å². The zero-order valence-electron chi connectivity index (χ0n) is 13.8. The molecule has 0 amide bonds. The lowest BCUT2D eigenvalue weighted by Gasteiger charge is -2.39. The average molecular weight is 317 g/mol. The molecule has 0 radical (unpaired) electrons. The molecule has 2 rings (SSSR count). The minimum absolute atomic E-state index is 0.365. The number of hydrogen-bond donors (Lipinski definition) is 0. The van der Waals surface area contributed by atoms with Crippen LogP contribution in [-0.4, -0.2) is 47.7 Å². The first kappa shape index (κ1) is 17.4. The minimum atomic E-state index is -2.07. The lowest BCUT2D eigenvalue weighted by Crippen LogP contribution is -2.48. The highest BCUT2D eigenvalue weighted by Crippen LogP contribution is 2.41. The Hall–Kier alpha value is 0.0569. The molecule has 2 fully saturated rings. The molecule has 5 heteroatoms. The summed E-state index contributed by atoms with van der Waals surface area (Å²) in [6.07, 6.45) is 8.07. The van der Waals surface area contributed by atoms with Crippen molar-refractivity contribution in [3.05, 3.63) is 0 Å². The van der Waals surface area contributed by atoms with Gasteiger partial charge in [0.25, 0.3) is 0 Å². The van der Waals surface area contributed by atoms with E-state index in [2.05, 4.69) is 13.8 Å². The summed E-state index contributed by atoms with van der Waals surface area (Å²) in [7, 11) is -2.07. The third-order valence-corrected chi connectivity index (χ3v) is 8.95. The van der Waals surface area contributed by atoms with E-state index in [9.17, 15) is 0 Å². The molecule has 1 atom stereocenters. The van der Waals surface area contributed by atoms with E-state index < -0.39 is 8.56 Å². The molecule has 2 aliphatic rings. The third kappa shape index (κ3) is 5.64. The van der Waals surface area contributed by atoms with Gasteiger partial charge in [0, 0.05) is 25.4 Å². The van der Waals surface area contributed by atoms with E-state index in [1.807, 2.05) is 0 Å². The molecule has 0 spiro atoms. The molecule has 1 saturated carbocycles. The molecule has 4 nitrogen and oxygen atoms in total. The molecule has 1 aliphatic heterocycles. The second-order valence-electron chi connectivity index (χ2n) is 6.15. The molecular formula is C16H32O4Si. The van der Waals surface area contributed by atoms with Crippen LogP contribution in [0.4, 0.5) is 0 Å². The van der Waals surface area contributed by atoms with Gasteiger partial charge in [-0.25, -0.2) is 0 Å². The van der Waals surface area contributed by atoms with Crippen molar-refractivity contribution in [2.75, 3.05) is 33.0 Å². The molecule has 0 bridgehead atoms. The summed E-state index contributed by atoms with van der Waals surface area (Å²) in [6.45, 7) is 8.19. The maximum Gasteiger partial charge on any atom is 0.341 e. The van der Waals surface area contributed by atoms with Gasteiger partial charge in [-0.3, -0.25) is 0 Å². The minimum Gasteiger partial charge on any atom is -0.394 e. The Morgan fingerprint density at radius 1 is 1.05 bits per heavy atom. The van der Waals surface area contributed by atoms with E-state index in [4.69, 9.17) is 18.3 Å². The van der Waals surface area contributed by atoms with Gasteiger partial charge in [-0.05, 0) is 39.2 Å². The van der Waals surface area contributed by atoms with Crippen molar-refractivity contribution in [3.63, 3.8) is 0 Å². The van der Waals surface area contributed by atoms with Crippen LogP contribution in [0.5, 0.6) is 0 Å². The summed E-state index contributed by atoms with van der Waals surface area (Å²) in [5.74, 6) is 0. The van der Waals surface area contributed by atoms with Crippen LogP contribution < -0.4 is 0 Å². The van der Waals surface area contributed by atoms with Gasteiger partial charge >= 0.3 is 8.56 Å². The van der Waals surface area contributed by atoms with Crippen molar-refractivity contribution in [1.82, 2.24) is 0 Å². The Kier molecular flexibility index (Phi) is 7.67. The molecular weight excluding hydrogens is 284 g/mol. The molecule has 0 aromatic heterocycles. The maximum atomic E-state index is 6.29. The first-order chi connectivity index (χ1) is 10.3. The molecule has 0 aromatic carbocycles. The van der Waals surface area contributed by atoms with Crippen LogP contribution in [-0.2, 0) is 18.3 Å². The average Bonchev–Trinajstić information content (AvgIpc) is 3.32. The van der Waals surface area contributed by atoms with Gasteiger partial charge in [-0.15, -0.1) is 0 Å². The van der Waals surface area contributed by atoms with Crippen LogP contribution in [0.15, 0.2) is 0 Å². The number of ether oxygens (including phenoxy) is 2. The molecule has 21 heavy (non-hydrogen) atoms. The third-order valence-electron chi connectivity index (χ3n) is 4.52. The molecule has 124 valence electrons. The van der Waals surface area contributed by atoms with Crippen molar-refractivity contribution < 1.29 is 18.3 Å². The van der Waals surface area contributed by atoms with Crippen LogP contribution in [0.25, 0.3) is 0 Å². The van der Waals surface area contributed by atoms with E-state index in [0.29, 0.717) is 11.6 Å². The summed E-state index contributed by atoms with van der Waals surface area (Å²) >= 11 is 0. The van der Waals surface area contributed by atoms with Crippen LogP contribution in [0.1, 0.15) is 52.4 Å². The summed E-state index contributed by atoms with van der Waals surface area (Å²) < 4.78 is 23.4. The molecule has 1 heterocycles. The van der Waals surface area contributed by atoms with Gasteiger partial charge in [0.2, 0.25) is 0 Å². The van der Waals surface area contributed by atoms with Crippen molar-refractivity contribution >= 4 is 8.56 Å². The summed E-state index contributed by atoms with van der Waals surface area (Å²) in [6, 6.07) is 1.07. The highest BCUT2D eigenvalue weighted by atomic mass is 28.4. The van der Waals surface area contributed by atoms with E-state index in [-0.39, 0.29) is 0 Å². The monoisotopic (exact) mass is 316 g/mol. The Morgan fingerprint density at radius 3 is 2.29 bits per heavy atom. The van der Waals surface area contributed by atoms with Crippen LogP contribution in [0.3, 0.4) is 0 Å². The SMILES string of the molecule is CCO[Si](CCCOCC1CO1)(OCC)C1CCCCC1. The fraction of sp³-hybridized carbons (Fsp3) is 1.00. The highest BCUT2D eigenvalue weighted by Gasteiger charge is 2.45. The van der Waals surface area contributed by atoms with Crippen LogP contribution >= 0.6 is 0 Å². The number of rotatable bonds is 11. The molecule has 0 aromatic rings. The zero-order chi connectivity index (χ0) is 15.0. The predicted octanol–water partition coefficient (Wildman–Crippen LogP) is 3.64. The number of hydrogen-bond acceptors (Lipinski definition) is 4. The lowest BCUT2D eigenvalue weighted by atomic mass is 10.0. The van der Waals surface area contributed by atoms with E-state index in [1.165, 1.54) is 32.1 Å². The van der Waals surface area contributed by atoms with Crippen molar-refractivity contribution in [2.45, 2.75) is 70.1 Å². The standard InChI is InChI=1S/C16H32O4Si/c1-3-19-21(20-4-2,16-9-6-5-7-10-16)12-8-11-17-13-15-14-18-15/h15-16H,3-14H2,1-2H3. The fourth-order valence-electron chi connectivity index (χ4n) is 3.46. The smallest absolute Gasteiger partial charge is 0.341 e. The maximum absolute atomic E-state index is 6.29. The van der Waals surface area contributed by atoms with Crippen LogP contribution in [0.2, 0.25) is 11.6 Å². The van der Waals surface area contributed by atoms with Gasteiger partial charge in [0.05, 0.1) is 13.2 Å². The Bertz CT molecular complexity index is 271. The van der Waals surface area contributed by atoms with Crippen molar-refractivity contribution in [3.8, 4) is 0 Å². The topological polar surface area (TPSA) is 40.2 Å². The zero-order valence-corrected chi connectivity index (χ0v) is 14.8. The predicted molar refractivity (Wildman–Crippen MR) is 85.8 cm³/mol. The first-order valence-electron chi connectivity index (χ1n) is 8.78. The quantitative estimate of drug-likeness (QED) is 0.331. The summed E-state index contributed by atoms with van der Waals surface area (Å²) in [5.41, 5.74) is 0.679. The van der Waals surface area contributed by atoms with Crippen LogP contribution in [0, 0.1) is 0 Å². The largest absolute Gasteiger partial charge is 0.394 e. The molecule has 1 unspecified atom stereocenters. The Balaban J connectivity index is 1.81. The van der Waals surface area contributed by atoms with Gasteiger partial charge in [-0.2, -0.15) is 0 Å². The van der Waals surface area contributed by atoms with Gasteiger partial charge < -0.3 is 18.3 Å². The summed E-state index contributed by atoms with van der Waals surface area (Å²) in [5, 5.41) is 0. The fourth-order valence-corrected chi connectivity index (χ4v) is 7.61. The van der Waals surface area contributed by atoms with Gasteiger partial charge in [0.15, 0.2) is 0 Å². The van der Waals surface area contributed by atoms with E-state index in [0.717, 1.165) is 45.5 Å². The van der Waals surface area contributed by atoms with E-state index >= 15 is 0 Å². The van der Waals surface area contributed by atoms with Crippen molar-refractivity contribution in [2.24, 2.45) is 0 Å². The molecule has 1 saturated heterocycles. The normalized spacial score (nSPS) is 23.4. The summed E-state index contributed by atoms with van der Waals surface area (Å²) in [4.78, 5) is 0. The van der Waals surface area contributed by atoms with Gasteiger partial charge in [0.1, 0.15) is 6.10 Å². The first-order valence-corrected chi connectivity index (χ1v) is 10.9. The van der Waals surface area contributed by atoms with Crippen molar-refractivity contribution in [1.29, 1.82) is 0 Å². The lowest BCUT2D eigenvalue weighted by molar-refractivity contribution is 0.111. The molecule has 1 aliphatic carbocycles. The van der Waals surface area contributed by atoms with E-state index in [1.54, 1.807) is 0 Å². The highest BCUT2D eigenvalue weighted by molar-refractivity contribution is 6.69. The second kappa shape index (κ2) is 9.25. The molecule has 0 N–H and O–H groups in total. The Morgan fingerprint density at radius 2 is 1.71 bits per heavy atom. The second-order valence-corrected chi connectivity index (χ2v) is 9.66. The van der Waals surface area contributed by atoms with Gasteiger partial charge in [-0.1, -0.05) is 19.3 Å². The number of epoxide rings is 1.